The largest absolute Gasteiger partial charge is 0.395 e. The summed E-state index contributed by atoms with van der Waals surface area (Å²) in [7, 11) is 0. The second-order valence-corrected chi connectivity index (χ2v) is 4.91. The SMILES string of the molecule is CC(C)c1[nH]nc(C(=O)N2CCCCC2)c1N. The maximum absolute atomic E-state index is 12.2. The molecule has 3 N–H and O–H groups in total. The summed E-state index contributed by atoms with van der Waals surface area (Å²) in [5, 5.41) is 6.94. The van der Waals surface area contributed by atoms with Gasteiger partial charge in [-0.15, -0.1) is 0 Å². The number of anilines is 1. The fourth-order valence-corrected chi connectivity index (χ4v) is 2.21. The molecule has 0 atom stereocenters. The van der Waals surface area contributed by atoms with Crippen LogP contribution in [0, 0.1) is 0 Å². The number of nitrogens with two attached hydrogens (primary N) is 1. The maximum Gasteiger partial charge on any atom is 0.276 e. The Balaban J connectivity index is 2.19. The molecule has 5 nitrogen and oxygen atoms in total. The van der Waals surface area contributed by atoms with Crippen molar-refractivity contribution in [2.75, 3.05) is 18.8 Å². The van der Waals surface area contributed by atoms with Gasteiger partial charge in [-0.3, -0.25) is 9.89 Å². The third-order valence-corrected chi connectivity index (χ3v) is 3.26. The molecule has 0 unspecified atom stereocenters. The third kappa shape index (κ3) is 2.28. The number of H-pyrrole nitrogens is 1. The van der Waals surface area contributed by atoms with Crippen LogP contribution in [0.25, 0.3) is 0 Å². The highest BCUT2D eigenvalue weighted by Gasteiger charge is 2.24. The fourth-order valence-electron chi connectivity index (χ4n) is 2.21. The first-order valence-electron chi connectivity index (χ1n) is 6.24. The minimum absolute atomic E-state index is 0.0367. The van der Waals surface area contributed by atoms with Gasteiger partial charge in [-0.05, 0) is 25.2 Å². The van der Waals surface area contributed by atoms with E-state index in [9.17, 15) is 4.79 Å². The van der Waals surface area contributed by atoms with Crippen LogP contribution >= 0.6 is 0 Å². The Kier molecular flexibility index (Phi) is 3.36. The number of amides is 1. The number of carbonyl (C=O) groups excluding carboxylic acids is 1. The molecule has 2 heterocycles. The number of aromatic amines is 1. The van der Waals surface area contributed by atoms with Gasteiger partial charge < -0.3 is 10.6 Å². The lowest BCUT2D eigenvalue weighted by molar-refractivity contribution is 0.0719. The van der Waals surface area contributed by atoms with E-state index in [4.69, 9.17) is 5.73 Å². The lowest BCUT2D eigenvalue weighted by Gasteiger charge is -2.26. The maximum atomic E-state index is 12.2. The summed E-state index contributed by atoms with van der Waals surface area (Å²) < 4.78 is 0. The van der Waals surface area contributed by atoms with Gasteiger partial charge in [0.05, 0.1) is 11.4 Å². The summed E-state index contributed by atoms with van der Waals surface area (Å²) in [4.78, 5) is 14.1. The Morgan fingerprint density at radius 2 is 2.00 bits per heavy atom. The zero-order chi connectivity index (χ0) is 12.4. The number of hydrogen-bond acceptors (Lipinski definition) is 3. The molecule has 0 aliphatic carbocycles. The van der Waals surface area contributed by atoms with E-state index in [1.807, 2.05) is 18.7 Å². The van der Waals surface area contributed by atoms with Crippen LogP contribution in [-0.2, 0) is 0 Å². The highest BCUT2D eigenvalue weighted by atomic mass is 16.2. The molecular formula is C12H20N4O. The van der Waals surface area contributed by atoms with E-state index in [0.29, 0.717) is 11.4 Å². The molecule has 5 heteroatoms. The van der Waals surface area contributed by atoms with Crippen molar-refractivity contribution in [1.29, 1.82) is 0 Å². The molecule has 17 heavy (non-hydrogen) atoms. The lowest BCUT2D eigenvalue weighted by Crippen LogP contribution is -2.36. The number of nitrogens with zero attached hydrogens (tertiary/aromatic N) is 2. The molecule has 1 amide bonds. The van der Waals surface area contributed by atoms with E-state index in [1.165, 1.54) is 6.42 Å². The Bertz CT molecular complexity index is 405. The van der Waals surface area contributed by atoms with Crippen molar-refractivity contribution in [2.24, 2.45) is 0 Å². The normalized spacial score (nSPS) is 16.5. The van der Waals surface area contributed by atoms with Crippen LogP contribution in [0.4, 0.5) is 5.69 Å². The molecule has 1 aromatic heterocycles. The molecule has 0 bridgehead atoms. The molecule has 2 rings (SSSR count). The van der Waals surface area contributed by atoms with Gasteiger partial charge in [0.1, 0.15) is 0 Å². The van der Waals surface area contributed by atoms with E-state index in [-0.39, 0.29) is 11.8 Å². The average molecular weight is 236 g/mol. The van der Waals surface area contributed by atoms with Gasteiger partial charge >= 0.3 is 0 Å². The summed E-state index contributed by atoms with van der Waals surface area (Å²) in [5.74, 6) is 0.218. The van der Waals surface area contributed by atoms with E-state index < -0.39 is 0 Å². The van der Waals surface area contributed by atoms with Gasteiger partial charge in [0.15, 0.2) is 5.69 Å². The van der Waals surface area contributed by atoms with Crippen molar-refractivity contribution in [1.82, 2.24) is 15.1 Å². The highest BCUT2D eigenvalue weighted by Crippen LogP contribution is 2.23. The van der Waals surface area contributed by atoms with Crippen LogP contribution in [-0.4, -0.2) is 34.1 Å². The predicted molar refractivity (Wildman–Crippen MR) is 66.8 cm³/mol. The molecule has 1 aliphatic rings. The predicted octanol–water partition coefficient (Wildman–Crippen LogP) is 1.74. The summed E-state index contributed by atoms with van der Waals surface area (Å²) >= 11 is 0. The van der Waals surface area contributed by atoms with Crippen LogP contribution in [0.15, 0.2) is 0 Å². The standard InChI is InChI=1S/C12H20N4O/c1-8(2)10-9(13)11(15-14-10)12(17)16-6-4-3-5-7-16/h8H,3-7,13H2,1-2H3,(H,14,15). The van der Waals surface area contributed by atoms with Crippen LogP contribution < -0.4 is 5.73 Å². The molecule has 0 aromatic carbocycles. The topological polar surface area (TPSA) is 75.0 Å². The monoisotopic (exact) mass is 236 g/mol. The fraction of sp³-hybridized carbons (Fsp3) is 0.667. The highest BCUT2D eigenvalue weighted by molar-refractivity contribution is 5.97. The van der Waals surface area contributed by atoms with Crippen molar-refractivity contribution in [3.05, 3.63) is 11.4 Å². The van der Waals surface area contributed by atoms with Gasteiger partial charge in [0, 0.05) is 13.1 Å². The minimum Gasteiger partial charge on any atom is -0.395 e. The molecule has 0 radical (unpaired) electrons. The van der Waals surface area contributed by atoms with Gasteiger partial charge in [-0.2, -0.15) is 5.10 Å². The number of aromatic nitrogens is 2. The van der Waals surface area contributed by atoms with Crippen LogP contribution in [0.3, 0.4) is 0 Å². The lowest BCUT2D eigenvalue weighted by atomic mass is 10.1. The third-order valence-electron chi connectivity index (χ3n) is 3.26. The average Bonchev–Trinajstić information content (AvgIpc) is 2.71. The van der Waals surface area contributed by atoms with Gasteiger partial charge in [-0.1, -0.05) is 13.8 Å². The van der Waals surface area contributed by atoms with Crippen molar-refractivity contribution >= 4 is 11.6 Å². The van der Waals surface area contributed by atoms with Crippen LogP contribution in [0.5, 0.6) is 0 Å². The number of hydrogen-bond donors (Lipinski definition) is 2. The second kappa shape index (κ2) is 4.77. The van der Waals surface area contributed by atoms with Crippen LogP contribution in [0.1, 0.15) is 55.2 Å². The first kappa shape index (κ1) is 12.0. The summed E-state index contributed by atoms with van der Waals surface area (Å²) in [6.45, 7) is 5.70. The number of rotatable bonds is 2. The minimum atomic E-state index is -0.0367. The number of nitrogens with one attached hydrogen (secondary N) is 1. The molecule has 94 valence electrons. The zero-order valence-corrected chi connectivity index (χ0v) is 10.5. The van der Waals surface area contributed by atoms with E-state index >= 15 is 0 Å². The van der Waals surface area contributed by atoms with E-state index in [1.54, 1.807) is 0 Å². The molecule has 1 aromatic rings. The van der Waals surface area contributed by atoms with Gasteiger partial charge in [0.2, 0.25) is 0 Å². The molecule has 1 aliphatic heterocycles. The Morgan fingerprint density at radius 1 is 1.35 bits per heavy atom. The van der Waals surface area contributed by atoms with Gasteiger partial charge in [-0.25, -0.2) is 0 Å². The number of piperidine rings is 1. The van der Waals surface area contributed by atoms with Gasteiger partial charge in [0.25, 0.3) is 5.91 Å². The molecular weight excluding hydrogens is 216 g/mol. The Morgan fingerprint density at radius 3 is 2.53 bits per heavy atom. The summed E-state index contributed by atoms with van der Waals surface area (Å²) in [5.41, 5.74) is 7.72. The molecule has 1 fully saturated rings. The number of nitrogen functional groups attached to an aromatic ring is 1. The molecule has 1 saturated heterocycles. The quantitative estimate of drug-likeness (QED) is 0.821. The Hall–Kier alpha value is -1.52. The summed E-state index contributed by atoms with van der Waals surface area (Å²) in [6.07, 6.45) is 3.36. The Labute approximate surface area is 101 Å². The van der Waals surface area contributed by atoms with E-state index in [2.05, 4.69) is 10.2 Å². The first-order valence-corrected chi connectivity index (χ1v) is 6.24. The van der Waals surface area contributed by atoms with Crippen molar-refractivity contribution in [3.63, 3.8) is 0 Å². The number of carbonyl (C=O) groups is 1. The second-order valence-electron chi connectivity index (χ2n) is 4.91. The smallest absolute Gasteiger partial charge is 0.276 e. The van der Waals surface area contributed by atoms with Crippen molar-refractivity contribution in [2.45, 2.75) is 39.0 Å². The van der Waals surface area contributed by atoms with Crippen molar-refractivity contribution < 1.29 is 4.79 Å². The zero-order valence-electron chi connectivity index (χ0n) is 10.5. The van der Waals surface area contributed by atoms with E-state index in [0.717, 1.165) is 31.6 Å². The molecule has 0 spiro atoms. The number of likely N-dealkylation sites (tertiary alicyclic amines) is 1. The molecule has 0 saturated carbocycles. The first-order chi connectivity index (χ1) is 8.11. The summed E-state index contributed by atoms with van der Waals surface area (Å²) in [6, 6.07) is 0. The van der Waals surface area contributed by atoms with Crippen LogP contribution in [0.2, 0.25) is 0 Å². The van der Waals surface area contributed by atoms with Crippen molar-refractivity contribution in [3.8, 4) is 0 Å².